The highest BCUT2D eigenvalue weighted by Gasteiger charge is 2.19. The second-order valence-corrected chi connectivity index (χ2v) is 8.12. The number of para-hydroxylation sites is 1. The Morgan fingerprint density at radius 1 is 1.22 bits per heavy atom. The zero-order chi connectivity index (χ0) is 22.2. The third-order valence-electron chi connectivity index (χ3n) is 5.07. The fourth-order valence-electron chi connectivity index (χ4n) is 3.51. The maximum absolute atomic E-state index is 12.9. The van der Waals surface area contributed by atoms with Gasteiger partial charge in [-0.2, -0.15) is 9.50 Å². The number of thiazole rings is 1. The van der Waals surface area contributed by atoms with Crippen LogP contribution in [0.3, 0.4) is 0 Å². The minimum atomic E-state index is -0.233. The molecule has 0 aliphatic heterocycles. The minimum absolute atomic E-state index is 0.233. The monoisotopic (exact) mass is 445 g/mol. The normalized spacial score (nSPS) is 12.0. The van der Waals surface area contributed by atoms with E-state index in [1.165, 1.54) is 15.9 Å². The molecular weight excluding hydrogens is 426 g/mol. The predicted molar refractivity (Wildman–Crippen MR) is 125 cm³/mol. The van der Waals surface area contributed by atoms with E-state index in [-0.39, 0.29) is 5.56 Å². The standard InChI is InChI=1S/C24H19N3O4S/c1-4-11-30-18-10-9-15(12-19(18)29-3)13-20-23(28)27-24(32-20)25-22(26-27)21-14(2)16-7-5-6-8-17(16)31-21/h4-10,12-13H,1,11H2,2-3H3. The van der Waals surface area contributed by atoms with Gasteiger partial charge in [-0.05, 0) is 36.8 Å². The average Bonchev–Trinajstić information content (AvgIpc) is 3.46. The van der Waals surface area contributed by atoms with Crippen molar-refractivity contribution < 1.29 is 13.9 Å². The van der Waals surface area contributed by atoms with E-state index in [0.717, 1.165) is 22.1 Å². The van der Waals surface area contributed by atoms with E-state index in [4.69, 9.17) is 13.9 Å². The summed E-state index contributed by atoms with van der Waals surface area (Å²) in [6.45, 7) is 5.99. The molecule has 0 saturated carbocycles. The summed E-state index contributed by atoms with van der Waals surface area (Å²) in [6.07, 6.45) is 3.45. The van der Waals surface area contributed by atoms with Crippen molar-refractivity contribution >= 4 is 33.3 Å². The number of fused-ring (bicyclic) bond motifs is 2. The van der Waals surface area contributed by atoms with Gasteiger partial charge < -0.3 is 13.9 Å². The van der Waals surface area contributed by atoms with E-state index >= 15 is 0 Å². The molecule has 0 aliphatic rings. The first-order valence-electron chi connectivity index (χ1n) is 9.90. The number of aromatic nitrogens is 3. The van der Waals surface area contributed by atoms with Gasteiger partial charge >= 0.3 is 0 Å². The van der Waals surface area contributed by atoms with Crippen LogP contribution in [0.15, 0.2) is 64.3 Å². The van der Waals surface area contributed by atoms with Gasteiger partial charge in [-0.1, -0.05) is 48.3 Å². The molecule has 0 radical (unpaired) electrons. The van der Waals surface area contributed by atoms with Crippen LogP contribution in [-0.4, -0.2) is 28.3 Å². The number of hydrogen-bond acceptors (Lipinski definition) is 7. The lowest BCUT2D eigenvalue weighted by atomic mass is 10.1. The van der Waals surface area contributed by atoms with Crippen molar-refractivity contribution in [2.24, 2.45) is 0 Å². The molecule has 0 N–H and O–H groups in total. The number of hydrogen-bond donors (Lipinski definition) is 0. The highest BCUT2D eigenvalue weighted by atomic mass is 32.1. The molecule has 0 saturated heterocycles. The van der Waals surface area contributed by atoms with Crippen LogP contribution in [0.25, 0.3) is 33.6 Å². The number of methoxy groups -OCH3 is 1. The third kappa shape index (κ3) is 3.34. The maximum atomic E-state index is 12.9. The lowest BCUT2D eigenvalue weighted by Crippen LogP contribution is -2.23. The molecule has 0 fully saturated rings. The summed E-state index contributed by atoms with van der Waals surface area (Å²) < 4.78 is 18.8. The summed E-state index contributed by atoms with van der Waals surface area (Å²) in [4.78, 5) is 18.0. The summed E-state index contributed by atoms with van der Waals surface area (Å²) in [5, 5.41) is 5.42. The molecule has 3 aromatic heterocycles. The molecule has 0 unspecified atom stereocenters. The van der Waals surface area contributed by atoms with Gasteiger partial charge in [0.2, 0.25) is 10.8 Å². The van der Waals surface area contributed by atoms with Crippen LogP contribution in [0.5, 0.6) is 11.5 Å². The quantitative estimate of drug-likeness (QED) is 0.368. The fraction of sp³-hybridized carbons (Fsp3) is 0.125. The van der Waals surface area contributed by atoms with E-state index in [2.05, 4.69) is 16.7 Å². The Balaban J connectivity index is 1.54. The predicted octanol–water partition coefficient (Wildman–Crippen LogP) is 3.99. The molecule has 5 aromatic rings. The van der Waals surface area contributed by atoms with Gasteiger partial charge in [-0.3, -0.25) is 4.79 Å². The van der Waals surface area contributed by atoms with Crippen LogP contribution in [-0.2, 0) is 0 Å². The van der Waals surface area contributed by atoms with Crippen LogP contribution in [0.2, 0.25) is 0 Å². The first-order valence-corrected chi connectivity index (χ1v) is 10.7. The van der Waals surface area contributed by atoms with Crippen molar-refractivity contribution in [1.82, 2.24) is 14.6 Å². The summed E-state index contributed by atoms with van der Waals surface area (Å²) >= 11 is 1.27. The van der Waals surface area contributed by atoms with Crippen molar-refractivity contribution in [2.45, 2.75) is 6.92 Å². The number of nitrogens with zero attached hydrogens (tertiary/aromatic N) is 3. The maximum Gasteiger partial charge on any atom is 0.291 e. The molecule has 2 aromatic carbocycles. The van der Waals surface area contributed by atoms with Gasteiger partial charge in [0, 0.05) is 10.9 Å². The van der Waals surface area contributed by atoms with E-state index in [1.807, 2.05) is 43.3 Å². The minimum Gasteiger partial charge on any atom is -0.493 e. The molecule has 5 rings (SSSR count). The molecule has 0 aliphatic carbocycles. The second kappa shape index (κ2) is 7.97. The Labute approximate surface area is 186 Å². The third-order valence-corrected chi connectivity index (χ3v) is 6.03. The Hall–Kier alpha value is -3.91. The molecule has 32 heavy (non-hydrogen) atoms. The van der Waals surface area contributed by atoms with Crippen LogP contribution in [0.1, 0.15) is 11.1 Å². The Kier molecular flexibility index (Phi) is 4.99. The Morgan fingerprint density at radius 3 is 2.81 bits per heavy atom. The van der Waals surface area contributed by atoms with Gasteiger partial charge in [-0.25, -0.2) is 0 Å². The highest BCUT2D eigenvalue weighted by Crippen LogP contribution is 2.31. The molecule has 7 nitrogen and oxygen atoms in total. The van der Waals surface area contributed by atoms with Gasteiger partial charge in [-0.15, -0.1) is 5.10 Å². The average molecular weight is 446 g/mol. The van der Waals surface area contributed by atoms with Crippen molar-refractivity contribution in [3.8, 4) is 23.1 Å². The molecule has 8 heteroatoms. The van der Waals surface area contributed by atoms with E-state index < -0.39 is 0 Å². The van der Waals surface area contributed by atoms with Crippen LogP contribution in [0.4, 0.5) is 0 Å². The van der Waals surface area contributed by atoms with Crippen LogP contribution in [0, 0.1) is 6.92 Å². The van der Waals surface area contributed by atoms with Crippen molar-refractivity contribution in [3.05, 3.63) is 81.1 Å². The Morgan fingerprint density at radius 2 is 2.06 bits per heavy atom. The van der Waals surface area contributed by atoms with E-state index in [9.17, 15) is 4.79 Å². The summed E-state index contributed by atoms with van der Waals surface area (Å²) in [5.74, 6) is 2.17. The molecule has 3 heterocycles. The molecule has 160 valence electrons. The van der Waals surface area contributed by atoms with Gasteiger partial charge in [0.15, 0.2) is 17.3 Å². The second-order valence-electron chi connectivity index (χ2n) is 7.11. The first-order chi connectivity index (χ1) is 15.6. The molecule has 0 amide bonds. The van der Waals surface area contributed by atoms with Crippen LogP contribution >= 0.6 is 11.3 Å². The number of benzene rings is 2. The zero-order valence-corrected chi connectivity index (χ0v) is 18.3. The van der Waals surface area contributed by atoms with Gasteiger partial charge in [0.25, 0.3) is 5.56 Å². The molecular formula is C24H19N3O4S. The van der Waals surface area contributed by atoms with Crippen molar-refractivity contribution in [2.75, 3.05) is 13.7 Å². The molecule has 0 atom stereocenters. The summed E-state index contributed by atoms with van der Waals surface area (Å²) in [5.41, 5.74) is 2.29. The van der Waals surface area contributed by atoms with Crippen molar-refractivity contribution in [1.29, 1.82) is 0 Å². The number of ether oxygens (including phenoxy) is 2. The van der Waals surface area contributed by atoms with Crippen molar-refractivity contribution in [3.63, 3.8) is 0 Å². The molecule has 0 spiro atoms. The Bertz CT molecular complexity index is 1580. The summed E-state index contributed by atoms with van der Waals surface area (Å²) in [7, 11) is 1.57. The van der Waals surface area contributed by atoms with E-state index in [1.54, 1.807) is 25.3 Å². The lowest BCUT2D eigenvalue weighted by molar-refractivity contribution is 0.326. The smallest absolute Gasteiger partial charge is 0.291 e. The topological polar surface area (TPSA) is 78.9 Å². The van der Waals surface area contributed by atoms with E-state index in [0.29, 0.717) is 39.2 Å². The highest BCUT2D eigenvalue weighted by molar-refractivity contribution is 7.15. The largest absolute Gasteiger partial charge is 0.493 e. The number of aryl methyl sites for hydroxylation is 1. The summed E-state index contributed by atoms with van der Waals surface area (Å²) in [6, 6.07) is 13.2. The first kappa shape index (κ1) is 20.0. The molecule has 0 bridgehead atoms. The van der Waals surface area contributed by atoms with Crippen LogP contribution < -0.4 is 19.6 Å². The fourth-order valence-corrected chi connectivity index (χ4v) is 4.42. The number of rotatable bonds is 6. The number of furan rings is 1. The SMILES string of the molecule is C=CCOc1ccc(C=c2sc3nc(-c4oc5ccccc5c4C)nn3c2=O)cc1OC. The van der Waals surface area contributed by atoms with Gasteiger partial charge in [0.05, 0.1) is 11.6 Å². The van der Waals surface area contributed by atoms with Gasteiger partial charge in [0.1, 0.15) is 12.2 Å². The lowest BCUT2D eigenvalue weighted by Gasteiger charge is -2.09. The zero-order valence-electron chi connectivity index (χ0n) is 17.5.